The molecule has 7 heteroatoms. The smallest absolute Gasteiger partial charge is 0.367 e. The maximum absolute atomic E-state index is 12.6. The Balaban J connectivity index is 2.62. The molecule has 102 valence electrons. The number of hydrogen-bond donors (Lipinski definition) is 1. The average Bonchev–Trinajstić information content (AvgIpc) is 2.79. The third kappa shape index (κ3) is 2.91. The highest BCUT2D eigenvalue weighted by Crippen LogP contribution is 2.38. The van der Waals surface area contributed by atoms with Gasteiger partial charge in [-0.1, -0.05) is 0 Å². The van der Waals surface area contributed by atoms with Crippen LogP contribution in [0.3, 0.4) is 0 Å². The Bertz CT molecular complexity index is 533. The van der Waals surface area contributed by atoms with Crippen LogP contribution in [0.4, 0.5) is 26.3 Å². The number of halogens is 6. The predicted octanol–water partition coefficient (Wildman–Crippen LogP) is 4.72. The molecule has 0 amide bonds. The third-order valence-corrected chi connectivity index (χ3v) is 2.52. The Morgan fingerprint density at radius 2 is 1.26 bits per heavy atom. The van der Waals surface area contributed by atoms with Gasteiger partial charge in [0.05, 0.1) is 11.1 Å². The van der Waals surface area contributed by atoms with Gasteiger partial charge in [0.1, 0.15) is 0 Å². The molecule has 0 unspecified atom stereocenters. The molecular weight excluding hydrogens is 272 g/mol. The molecular formula is C12H7F6N. The first kappa shape index (κ1) is 13.5. The van der Waals surface area contributed by atoms with Gasteiger partial charge in [-0.25, -0.2) is 0 Å². The fourth-order valence-electron chi connectivity index (χ4n) is 1.63. The van der Waals surface area contributed by atoms with E-state index in [2.05, 4.69) is 4.98 Å². The van der Waals surface area contributed by atoms with Crippen LogP contribution in [-0.2, 0) is 12.4 Å². The van der Waals surface area contributed by atoms with E-state index in [-0.39, 0.29) is 17.2 Å². The van der Waals surface area contributed by atoms with Gasteiger partial charge in [0.2, 0.25) is 0 Å². The molecule has 0 atom stereocenters. The zero-order valence-corrected chi connectivity index (χ0v) is 9.23. The molecule has 0 aliphatic carbocycles. The molecule has 1 aromatic heterocycles. The van der Waals surface area contributed by atoms with Crippen molar-refractivity contribution in [2.24, 2.45) is 0 Å². The monoisotopic (exact) mass is 279 g/mol. The molecule has 0 aliphatic rings. The number of rotatable bonds is 1. The summed E-state index contributed by atoms with van der Waals surface area (Å²) >= 11 is 0. The van der Waals surface area contributed by atoms with Crippen LogP contribution in [0.25, 0.3) is 11.1 Å². The minimum atomic E-state index is -4.83. The molecule has 0 bridgehead atoms. The summed E-state index contributed by atoms with van der Waals surface area (Å²) in [7, 11) is 0. The Hall–Kier alpha value is -1.92. The van der Waals surface area contributed by atoms with Crippen LogP contribution in [0.5, 0.6) is 0 Å². The fraction of sp³-hybridized carbons (Fsp3) is 0.167. The summed E-state index contributed by atoms with van der Waals surface area (Å²) in [6.07, 6.45) is -6.91. The lowest BCUT2D eigenvalue weighted by atomic mass is 10.0. The van der Waals surface area contributed by atoms with Crippen molar-refractivity contribution < 1.29 is 26.3 Å². The van der Waals surface area contributed by atoms with Gasteiger partial charge in [-0.3, -0.25) is 0 Å². The number of benzene rings is 1. The second kappa shape index (κ2) is 4.32. The quantitative estimate of drug-likeness (QED) is 0.727. The Morgan fingerprint density at radius 1 is 0.737 bits per heavy atom. The molecule has 1 nitrogen and oxygen atoms in total. The van der Waals surface area contributed by atoms with Crippen LogP contribution in [0.2, 0.25) is 0 Å². The number of aromatic amines is 1. The van der Waals surface area contributed by atoms with Gasteiger partial charge >= 0.3 is 12.4 Å². The topological polar surface area (TPSA) is 15.8 Å². The van der Waals surface area contributed by atoms with Gasteiger partial charge < -0.3 is 4.98 Å². The van der Waals surface area contributed by atoms with E-state index >= 15 is 0 Å². The van der Waals surface area contributed by atoms with E-state index in [4.69, 9.17) is 0 Å². The number of alkyl halides is 6. The zero-order valence-electron chi connectivity index (χ0n) is 9.23. The molecule has 0 radical (unpaired) electrons. The molecule has 0 spiro atoms. The van der Waals surface area contributed by atoms with Crippen molar-refractivity contribution in [1.29, 1.82) is 0 Å². The van der Waals surface area contributed by atoms with Crippen LogP contribution in [0, 0.1) is 0 Å². The fourth-order valence-corrected chi connectivity index (χ4v) is 1.63. The maximum Gasteiger partial charge on any atom is 0.416 e. The zero-order chi connectivity index (χ0) is 14.3. The average molecular weight is 279 g/mol. The van der Waals surface area contributed by atoms with Crippen LogP contribution >= 0.6 is 0 Å². The Morgan fingerprint density at radius 3 is 1.63 bits per heavy atom. The van der Waals surface area contributed by atoms with E-state index in [1.165, 1.54) is 18.5 Å². The van der Waals surface area contributed by atoms with Crippen LogP contribution in [0.1, 0.15) is 11.1 Å². The van der Waals surface area contributed by atoms with Crippen molar-refractivity contribution in [2.75, 3.05) is 0 Å². The van der Waals surface area contributed by atoms with Crippen molar-refractivity contribution in [2.45, 2.75) is 12.4 Å². The summed E-state index contributed by atoms with van der Waals surface area (Å²) in [6, 6.07) is 2.89. The molecule has 1 N–H and O–H groups in total. The largest absolute Gasteiger partial charge is 0.416 e. The minimum absolute atomic E-state index is 0.107. The van der Waals surface area contributed by atoms with Gasteiger partial charge in [0.15, 0.2) is 0 Å². The molecule has 0 aliphatic heterocycles. The van der Waals surface area contributed by atoms with Crippen molar-refractivity contribution in [3.63, 3.8) is 0 Å². The lowest BCUT2D eigenvalue weighted by Gasteiger charge is -2.13. The van der Waals surface area contributed by atoms with Gasteiger partial charge in [0, 0.05) is 12.4 Å². The number of aromatic nitrogens is 1. The molecule has 0 saturated carbocycles. The summed E-state index contributed by atoms with van der Waals surface area (Å²) in [6.45, 7) is 0. The van der Waals surface area contributed by atoms with Gasteiger partial charge in [-0.2, -0.15) is 26.3 Å². The van der Waals surface area contributed by atoms with Gasteiger partial charge in [-0.05, 0) is 35.4 Å². The molecule has 1 heterocycles. The first-order valence-electron chi connectivity index (χ1n) is 5.10. The summed E-state index contributed by atoms with van der Waals surface area (Å²) < 4.78 is 75.6. The van der Waals surface area contributed by atoms with Crippen molar-refractivity contribution in [3.05, 3.63) is 47.8 Å². The first-order chi connectivity index (χ1) is 8.68. The minimum Gasteiger partial charge on any atom is -0.367 e. The highest BCUT2D eigenvalue weighted by Gasteiger charge is 2.36. The second-order valence-electron chi connectivity index (χ2n) is 3.89. The van der Waals surface area contributed by atoms with E-state index in [9.17, 15) is 26.3 Å². The number of hydrogen-bond acceptors (Lipinski definition) is 0. The molecule has 19 heavy (non-hydrogen) atoms. The van der Waals surface area contributed by atoms with E-state index in [0.29, 0.717) is 12.1 Å². The molecule has 0 fully saturated rings. The van der Waals surface area contributed by atoms with Crippen molar-refractivity contribution in [3.8, 4) is 11.1 Å². The van der Waals surface area contributed by atoms with Crippen molar-refractivity contribution in [1.82, 2.24) is 4.98 Å². The standard InChI is InChI=1S/C12H7F6N/c13-11(14,15)9-3-8(7-1-2-19-6-7)4-10(5-9)12(16,17)18/h1-6,19H. The Kier molecular flexibility index (Phi) is 3.07. The lowest BCUT2D eigenvalue weighted by molar-refractivity contribution is -0.143. The van der Waals surface area contributed by atoms with E-state index in [0.717, 1.165) is 0 Å². The maximum atomic E-state index is 12.6. The molecule has 1 aromatic carbocycles. The summed E-state index contributed by atoms with van der Waals surface area (Å²) in [4.78, 5) is 2.58. The van der Waals surface area contributed by atoms with Crippen LogP contribution < -0.4 is 0 Å². The van der Waals surface area contributed by atoms with Crippen LogP contribution in [0.15, 0.2) is 36.7 Å². The highest BCUT2D eigenvalue weighted by molar-refractivity contribution is 5.65. The molecule has 2 rings (SSSR count). The van der Waals surface area contributed by atoms with Gasteiger partial charge in [-0.15, -0.1) is 0 Å². The highest BCUT2D eigenvalue weighted by atomic mass is 19.4. The normalized spacial score (nSPS) is 12.7. The summed E-state index contributed by atoms with van der Waals surface area (Å²) in [5.74, 6) is 0. The molecule has 2 aromatic rings. The lowest BCUT2D eigenvalue weighted by Crippen LogP contribution is -2.11. The van der Waals surface area contributed by atoms with E-state index in [1.54, 1.807) is 0 Å². The predicted molar refractivity (Wildman–Crippen MR) is 56.2 cm³/mol. The summed E-state index contributed by atoms with van der Waals surface area (Å²) in [5.41, 5.74) is -2.52. The molecule has 0 saturated heterocycles. The van der Waals surface area contributed by atoms with Gasteiger partial charge in [0.25, 0.3) is 0 Å². The SMILES string of the molecule is FC(F)(F)c1cc(-c2cc[nH]c2)cc(C(F)(F)F)c1. The van der Waals surface area contributed by atoms with E-state index in [1.807, 2.05) is 0 Å². The number of nitrogens with one attached hydrogen (secondary N) is 1. The second-order valence-corrected chi connectivity index (χ2v) is 3.89. The summed E-state index contributed by atoms with van der Waals surface area (Å²) in [5, 5.41) is 0. The third-order valence-electron chi connectivity index (χ3n) is 2.52. The van der Waals surface area contributed by atoms with E-state index < -0.39 is 23.5 Å². The first-order valence-corrected chi connectivity index (χ1v) is 5.10. The Labute approximate surface area is 103 Å². The van der Waals surface area contributed by atoms with Crippen LogP contribution in [-0.4, -0.2) is 4.98 Å². The number of H-pyrrole nitrogens is 1. The van der Waals surface area contributed by atoms with Crippen molar-refractivity contribution >= 4 is 0 Å².